The number of likely N-dealkylation sites (N-methyl/N-ethyl adjacent to an activating group) is 1. The average molecular weight is 213 g/mol. The molecular formula is C11H23N3O. The normalized spacial score (nSPS) is 19.1. The van der Waals surface area contributed by atoms with Crippen LogP contribution >= 0.6 is 0 Å². The van der Waals surface area contributed by atoms with Gasteiger partial charge in [0.1, 0.15) is 0 Å². The first-order valence-corrected chi connectivity index (χ1v) is 5.79. The number of nitrogens with zero attached hydrogens (tertiary/aromatic N) is 1. The molecule has 1 amide bonds. The molecule has 0 bridgehead atoms. The highest BCUT2D eigenvalue weighted by atomic mass is 16.2. The van der Waals surface area contributed by atoms with Gasteiger partial charge in [-0.2, -0.15) is 0 Å². The molecule has 88 valence electrons. The van der Waals surface area contributed by atoms with Crippen LogP contribution in [0.2, 0.25) is 0 Å². The summed E-state index contributed by atoms with van der Waals surface area (Å²) in [4.78, 5) is 13.8. The Bertz CT molecular complexity index is 212. The van der Waals surface area contributed by atoms with Crippen LogP contribution in [0.15, 0.2) is 0 Å². The second-order valence-corrected chi connectivity index (χ2v) is 4.55. The topological polar surface area (TPSA) is 58.4 Å². The molecule has 0 spiro atoms. The molecule has 0 radical (unpaired) electrons. The third-order valence-electron chi connectivity index (χ3n) is 3.19. The van der Waals surface area contributed by atoms with Crippen molar-refractivity contribution in [3.63, 3.8) is 0 Å². The molecule has 0 atom stereocenters. The monoisotopic (exact) mass is 213 g/mol. The molecule has 1 fully saturated rings. The molecule has 1 rings (SSSR count). The molecule has 0 aromatic heterocycles. The van der Waals surface area contributed by atoms with Gasteiger partial charge in [0.15, 0.2) is 0 Å². The van der Waals surface area contributed by atoms with Gasteiger partial charge in [0, 0.05) is 13.6 Å². The summed E-state index contributed by atoms with van der Waals surface area (Å²) >= 11 is 0. The Morgan fingerprint density at radius 2 is 2.07 bits per heavy atom. The van der Waals surface area contributed by atoms with Gasteiger partial charge in [-0.25, -0.2) is 0 Å². The third kappa shape index (κ3) is 3.18. The summed E-state index contributed by atoms with van der Waals surface area (Å²) in [5.74, 6) is 0.121. The van der Waals surface area contributed by atoms with E-state index >= 15 is 0 Å². The minimum atomic E-state index is -0.561. The van der Waals surface area contributed by atoms with Crippen LogP contribution in [-0.4, -0.2) is 43.5 Å². The van der Waals surface area contributed by atoms with Crippen molar-refractivity contribution < 1.29 is 4.79 Å². The lowest BCUT2D eigenvalue weighted by Gasteiger charge is -2.28. The number of rotatable bonds is 5. The first-order valence-electron chi connectivity index (χ1n) is 5.79. The fourth-order valence-corrected chi connectivity index (χ4v) is 2.19. The van der Waals surface area contributed by atoms with Gasteiger partial charge in [0.2, 0.25) is 5.91 Å². The lowest BCUT2D eigenvalue weighted by atomic mass is 9.97. The Balaban J connectivity index is 2.38. The van der Waals surface area contributed by atoms with Gasteiger partial charge in [-0.3, -0.25) is 4.79 Å². The lowest BCUT2D eigenvalue weighted by Crippen LogP contribution is -2.52. The third-order valence-corrected chi connectivity index (χ3v) is 3.19. The first-order chi connectivity index (χ1) is 7.10. The molecule has 0 aromatic carbocycles. The van der Waals surface area contributed by atoms with Crippen LogP contribution in [0.4, 0.5) is 0 Å². The maximum absolute atomic E-state index is 12.0. The second kappa shape index (κ2) is 5.47. The number of carbonyl (C=O) groups excluding carboxylic acids is 1. The van der Waals surface area contributed by atoms with E-state index in [1.54, 1.807) is 4.90 Å². The zero-order valence-corrected chi connectivity index (χ0v) is 9.88. The minimum absolute atomic E-state index is 0.121. The van der Waals surface area contributed by atoms with E-state index in [1.165, 1.54) is 0 Å². The van der Waals surface area contributed by atoms with E-state index in [0.29, 0.717) is 0 Å². The van der Waals surface area contributed by atoms with Gasteiger partial charge < -0.3 is 16.0 Å². The summed E-state index contributed by atoms with van der Waals surface area (Å²) < 4.78 is 0. The molecule has 15 heavy (non-hydrogen) atoms. The Hall–Kier alpha value is -0.610. The highest BCUT2D eigenvalue weighted by molar-refractivity contribution is 5.86. The van der Waals surface area contributed by atoms with E-state index in [-0.39, 0.29) is 5.91 Å². The highest BCUT2D eigenvalue weighted by Gasteiger charge is 2.38. The Kier molecular flexibility index (Phi) is 4.54. The predicted octanol–water partition coefficient (Wildman–Crippen LogP) is 0.326. The molecule has 1 saturated carbocycles. The number of carbonyl (C=O) groups is 1. The molecule has 0 saturated heterocycles. The first kappa shape index (κ1) is 12.5. The van der Waals surface area contributed by atoms with Gasteiger partial charge in [-0.1, -0.05) is 12.8 Å². The fraction of sp³-hybridized carbons (Fsp3) is 0.909. The molecule has 3 N–H and O–H groups in total. The quantitative estimate of drug-likeness (QED) is 0.647. The van der Waals surface area contributed by atoms with Crippen molar-refractivity contribution in [1.82, 2.24) is 10.2 Å². The lowest BCUT2D eigenvalue weighted by molar-refractivity contribution is -0.135. The molecule has 1 aliphatic carbocycles. The van der Waals surface area contributed by atoms with E-state index in [1.807, 2.05) is 14.1 Å². The molecule has 0 heterocycles. The van der Waals surface area contributed by atoms with Gasteiger partial charge in [0.25, 0.3) is 0 Å². The summed E-state index contributed by atoms with van der Waals surface area (Å²) in [7, 11) is 3.77. The Morgan fingerprint density at radius 3 is 2.60 bits per heavy atom. The van der Waals surface area contributed by atoms with E-state index < -0.39 is 5.54 Å². The zero-order valence-electron chi connectivity index (χ0n) is 9.88. The molecular weight excluding hydrogens is 190 g/mol. The number of nitrogens with two attached hydrogens (primary N) is 1. The Morgan fingerprint density at radius 1 is 1.47 bits per heavy atom. The summed E-state index contributed by atoms with van der Waals surface area (Å²) in [6.45, 7) is 1.73. The molecule has 0 aromatic rings. The van der Waals surface area contributed by atoms with Crippen LogP contribution in [-0.2, 0) is 4.79 Å². The van der Waals surface area contributed by atoms with Crippen LogP contribution < -0.4 is 11.1 Å². The molecule has 1 aliphatic rings. The van der Waals surface area contributed by atoms with E-state index in [4.69, 9.17) is 5.73 Å². The smallest absolute Gasteiger partial charge is 0.242 e. The van der Waals surface area contributed by atoms with Crippen LogP contribution in [0.25, 0.3) is 0 Å². The van der Waals surface area contributed by atoms with Gasteiger partial charge in [-0.05, 0) is 32.9 Å². The zero-order chi connectivity index (χ0) is 11.3. The molecule has 0 aliphatic heterocycles. The van der Waals surface area contributed by atoms with Crippen molar-refractivity contribution in [2.75, 3.05) is 27.2 Å². The minimum Gasteiger partial charge on any atom is -0.344 e. The standard InChI is InChI=1S/C11H23N3O/c1-13-8-5-9-14(2)10(15)11(12)6-3-4-7-11/h13H,3-9,12H2,1-2H3. The summed E-state index contributed by atoms with van der Waals surface area (Å²) in [5.41, 5.74) is 5.54. The van der Waals surface area contributed by atoms with Crippen LogP contribution in [0.1, 0.15) is 32.1 Å². The molecule has 0 unspecified atom stereocenters. The van der Waals surface area contributed by atoms with Crippen LogP contribution in [0.5, 0.6) is 0 Å². The van der Waals surface area contributed by atoms with Crippen molar-refractivity contribution in [3.05, 3.63) is 0 Å². The van der Waals surface area contributed by atoms with Crippen molar-refractivity contribution in [2.45, 2.75) is 37.6 Å². The number of hydrogen-bond acceptors (Lipinski definition) is 3. The van der Waals surface area contributed by atoms with E-state index in [2.05, 4.69) is 5.32 Å². The highest BCUT2D eigenvalue weighted by Crippen LogP contribution is 2.28. The fourth-order valence-electron chi connectivity index (χ4n) is 2.19. The molecule has 4 nitrogen and oxygen atoms in total. The number of nitrogens with one attached hydrogen (secondary N) is 1. The maximum atomic E-state index is 12.0. The predicted molar refractivity (Wildman–Crippen MR) is 61.6 cm³/mol. The largest absolute Gasteiger partial charge is 0.344 e. The van der Waals surface area contributed by atoms with Crippen molar-refractivity contribution >= 4 is 5.91 Å². The number of hydrogen-bond donors (Lipinski definition) is 2. The van der Waals surface area contributed by atoms with Gasteiger partial charge in [0.05, 0.1) is 5.54 Å². The van der Waals surface area contributed by atoms with Gasteiger partial charge >= 0.3 is 0 Å². The van der Waals surface area contributed by atoms with Gasteiger partial charge in [-0.15, -0.1) is 0 Å². The van der Waals surface area contributed by atoms with Crippen LogP contribution in [0.3, 0.4) is 0 Å². The van der Waals surface area contributed by atoms with E-state index in [0.717, 1.165) is 45.2 Å². The number of amides is 1. The summed E-state index contributed by atoms with van der Waals surface area (Å²) in [5, 5.41) is 3.07. The van der Waals surface area contributed by atoms with E-state index in [9.17, 15) is 4.79 Å². The van der Waals surface area contributed by atoms with Crippen molar-refractivity contribution in [1.29, 1.82) is 0 Å². The Labute approximate surface area is 92.2 Å². The molecule has 4 heteroatoms. The maximum Gasteiger partial charge on any atom is 0.242 e. The average Bonchev–Trinajstić information content (AvgIpc) is 2.65. The van der Waals surface area contributed by atoms with Crippen LogP contribution in [0, 0.1) is 0 Å². The van der Waals surface area contributed by atoms with Crippen molar-refractivity contribution in [2.24, 2.45) is 5.73 Å². The second-order valence-electron chi connectivity index (χ2n) is 4.55. The summed E-state index contributed by atoms with van der Waals surface area (Å²) in [6.07, 6.45) is 4.86. The SMILES string of the molecule is CNCCCN(C)C(=O)C1(N)CCCC1. The summed E-state index contributed by atoms with van der Waals surface area (Å²) in [6, 6.07) is 0. The van der Waals surface area contributed by atoms with Crippen molar-refractivity contribution in [3.8, 4) is 0 Å².